The third kappa shape index (κ3) is 1.54. The van der Waals surface area contributed by atoms with E-state index < -0.39 is 5.97 Å². The summed E-state index contributed by atoms with van der Waals surface area (Å²) in [7, 11) is 0. The minimum absolute atomic E-state index is 0.0117. The van der Waals surface area contributed by atoms with Crippen molar-refractivity contribution in [1.29, 1.82) is 0 Å². The Kier molecular flexibility index (Phi) is 2.31. The fourth-order valence-corrected chi connectivity index (χ4v) is 1.94. The summed E-state index contributed by atoms with van der Waals surface area (Å²) in [6.07, 6.45) is 2.72. The zero-order valence-corrected chi connectivity index (χ0v) is 7.81. The number of rotatable bonds is 3. The lowest BCUT2D eigenvalue weighted by molar-refractivity contribution is -0.138. The molecule has 0 bridgehead atoms. The van der Waals surface area contributed by atoms with Gasteiger partial charge in [0.25, 0.3) is 0 Å². The third-order valence-electron chi connectivity index (χ3n) is 2.88. The van der Waals surface area contributed by atoms with E-state index in [9.17, 15) is 9.59 Å². The molecule has 1 atom stereocenters. The van der Waals surface area contributed by atoms with Crippen molar-refractivity contribution in [3.05, 3.63) is 0 Å². The average Bonchev–Trinajstić information content (AvgIpc) is 2.32. The van der Waals surface area contributed by atoms with Crippen LogP contribution in [-0.2, 0) is 9.53 Å². The molecule has 0 aromatic heterocycles. The van der Waals surface area contributed by atoms with Gasteiger partial charge >= 0.3 is 12.1 Å². The highest BCUT2D eigenvalue weighted by molar-refractivity contribution is 5.74. The standard InChI is InChI=1S/C9H13NO4/c11-8(12)4-7-5-14-9(13)10(7)6-2-1-3-6/h6-7H,1-5H2,(H,11,12). The van der Waals surface area contributed by atoms with E-state index in [1.807, 2.05) is 0 Å². The van der Waals surface area contributed by atoms with Crippen molar-refractivity contribution in [3.8, 4) is 0 Å². The first-order valence-corrected chi connectivity index (χ1v) is 4.85. The Hall–Kier alpha value is -1.26. The Morgan fingerprint density at radius 3 is 2.79 bits per heavy atom. The van der Waals surface area contributed by atoms with E-state index in [4.69, 9.17) is 9.84 Å². The van der Waals surface area contributed by atoms with Crippen LogP contribution in [0.15, 0.2) is 0 Å². The van der Waals surface area contributed by atoms with Crippen molar-refractivity contribution >= 4 is 12.1 Å². The number of aliphatic carboxylic acids is 1. The zero-order chi connectivity index (χ0) is 10.1. The Balaban J connectivity index is 2.01. The number of carbonyl (C=O) groups is 2. The summed E-state index contributed by atoms with van der Waals surface area (Å²) in [6, 6.07) is -0.0420. The first kappa shape index (κ1) is 9.30. The fraction of sp³-hybridized carbons (Fsp3) is 0.778. The molecule has 2 fully saturated rings. The van der Waals surface area contributed by atoms with Gasteiger partial charge in [0.15, 0.2) is 0 Å². The normalized spacial score (nSPS) is 27.3. The molecule has 1 heterocycles. The van der Waals surface area contributed by atoms with E-state index >= 15 is 0 Å². The van der Waals surface area contributed by atoms with Gasteiger partial charge in [0.05, 0.1) is 12.5 Å². The van der Waals surface area contributed by atoms with Gasteiger partial charge in [-0.25, -0.2) is 4.79 Å². The summed E-state index contributed by atoms with van der Waals surface area (Å²) in [5, 5.41) is 8.66. The number of ether oxygens (including phenoxy) is 1. The molecule has 0 radical (unpaired) electrons. The predicted octanol–water partition coefficient (Wildman–Crippen LogP) is 0.834. The molecule has 1 amide bonds. The molecule has 1 aliphatic heterocycles. The second-order valence-corrected chi connectivity index (χ2v) is 3.82. The molecule has 0 aromatic carbocycles. The number of carboxylic acids is 1. The smallest absolute Gasteiger partial charge is 0.410 e. The highest BCUT2D eigenvalue weighted by atomic mass is 16.6. The van der Waals surface area contributed by atoms with Crippen molar-refractivity contribution in [2.24, 2.45) is 0 Å². The lowest BCUT2D eigenvalue weighted by atomic mass is 9.90. The summed E-state index contributed by atoms with van der Waals surface area (Å²) >= 11 is 0. The van der Waals surface area contributed by atoms with Crippen LogP contribution in [0.3, 0.4) is 0 Å². The monoisotopic (exact) mass is 199 g/mol. The van der Waals surface area contributed by atoms with Gasteiger partial charge in [-0.05, 0) is 19.3 Å². The quantitative estimate of drug-likeness (QED) is 0.731. The summed E-state index contributed by atoms with van der Waals surface area (Å²) < 4.78 is 4.86. The third-order valence-corrected chi connectivity index (χ3v) is 2.88. The van der Waals surface area contributed by atoms with Gasteiger partial charge in [0.1, 0.15) is 6.61 Å². The van der Waals surface area contributed by atoms with Gasteiger partial charge < -0.3 is 9.84 Å². The van der Waals surface area contributed by atoms with Crippen LogP contribution in [-0.4, -0.2) is 40.8 Å². The van der Waals surface area contributed by atoms with Crippen molar-refractivity contribution in [2.45, 2.75) is 37.8 Å². The van der Waals surface area contributed by atoms with Gasteiger partial charge in [0.2, 0.25) is 0 Å². The number of carbonyl (C=O) groups excluding carboxylic acids is 1. The maximum atomic E-state index is 11.3. The van der Waals surface area contributed by atoms with Gasteiger partial charge in [-0.15, -0.1) is 0 Å². The molecule has 0 aromatic rings. The zero-order valence-electron chi connectivity index (χ0n) is 7.81. The largest absolute Gasteiger partial charge is 0.481 e. The molecular weight excluding hydrogens is 186 g/mol. The summed E-state index contributed by atoms with van der Waals surface area (Å²) in [4.78, 5) is 23.5. The molecule has 78 valence electrons. The van der Waals surface area contributed by atoms with E-state index in [1.165, 1.54) is 0 Å². The van der Waals surface area contributed by atoms with E-state index in [-0.39, 0.29) is 31.2 Å². The number of hydrogen-bond acceptors (Lipinski definition) is 3. The van der Waals surface area contributed by atoms with E-state index in [0.29, 0.717) is 0 Å². The average molecular weight is 199 g/mol. The van der Waals surface area contributed by atoms with E-state index in [2.05, 4.69) is 0 Å². The number of amides is 1. The van der Waals surface area contributed by atoms with Crippen LogP contribution in [0.1, 0.15) is 25.7 Å². The van der Waals surface area contributed by atoms with Crippen LogP contribution in [0.4, 0.5) is 4.79 Å². The van der Waals surface area contributed by atoms with Crippen LogP contribution in [0.2, 0.25) is 0 Å². The van der Waals surface area contributed by atoms with Crippen LogP contribution in [0.5, 0.6) is 0 Å². The molecule has 1 unspecified atom stereocenters. The molecule has 14 heavy (non-hydrogen) atoms. The Morgan fingerprint density at radius 1 is 1.57 bits per heavy atom. The lowest BCUT2D eigenvalue weighted by Gasteiger charge is -2.35. The minimum Gasteiger partial charge on any atom is -0.481 e. The highest BCUT2D eigenvalue weighted by Gasteiger charge is 2.41. The van der Waals surface area contributed by atoms with Crippen molar-refractivity contribution < 1.29 is 19.4 Å². The lowest BCUT2D eigenvalue weighted by Crippen LogP contribution is -2.46. The van der Waals surface area contributed by atoms with E-state index in [0.717, 1.165) is 19.3 Å². The molecule has 5 heteroatoms. The second kappa shape index (κ2) is 3.48. The van der Waals surface area contributed by atoms with Crippen LogP contribution >= 0.6 is 0 Å². The van der Waals surface area contributed by atoms with Gasteiger partial charge in [-0.1, -0.05) is 0 Å². The van der Waals surface area contributed by atoms with Crippen LogP contribution in [0.25, 0.3) is 0 Å². The van der Waals surface area contributed by atoms with Gasteiger partial charge in [0, 0.05) is 6.04 Å². The summed E-state index contributed by atoms with van der Waals surface area (Å²) in [5.41, 5.74) is 0. The molecule has 2 aliphatic rings. The SMILES string of the molecule is O=C(O)CC1COC(=O)N1C1CCC1. The minimum atomic E-state index is -0.877. The predicted molar refractivity (Wildman–Crippen MR) is 46.9 cm³/mol. The Labute approximate surface area is 81.6 Å². The van der Waals surface area contributed by atoms with Crippen LogP contribution < -0.4 is 0 Å². The number of nitrogens with zero attached hydrogens (tertiary/aromatic N) is 1. The van der Waals surface area contributed by atoms with Gasteiger partial charge in [-0.3, -0.25) is 9.69 Å². The topological polar surface area (TPSA) is 66.8 Å². The van der Waals surface area contributed by atoms with Crippen molar-refractivity contribution in [1.82, 2.24) is 4.90 Å². The molecule has 1 saturated heterocycles. The Bertz CT molecular complexity index is 262. The van der Waals surface area contributed by atoms with Crippen molar-refractivity contribution in [2.75, 3.05) is 6.61 Å². The maximum Gasteiger partial charge on any atom is 0.410 e. The Morgan fingerprint density at radius 2 is 2.29 bits per heavy atom. The van der Waals surface area contributed by atoms with Crippen molar-refractivity contribution in [3.63, 3.8) is 0 Å². The maximum absolute atomic E-state index is 11.3. The first-order valence-electron chi connectivity index (χ1n) is 4.85. The number of carboxylic acid groups (broad SMARTS) is 1. The van der Waals surface area contributed by atoms with Crippen LogP contribution in [0, 0.1) is 0 Å². The summed E-state index contributed by atoms with van der Waals surface area (Å²) in [6.45, 7) is 0.224. The molecule has 0 spiro atoms. The molecule has 5 nitrogen and oxygen atoms in total. The number of hydrogen-bond donors (Lipinski definition) is 1. The second-order valence-electron chi connectivity index (χ2n) is 3.82. The van der Waals surface area contributed by atoms with Gasteiger partial charge in [-0.2, -0.15) is 0 Å². The summed E-state index contributed by atoms with van der Waals surface area (Å²) in [5.74, 6) is -0.877. The first-order chi connectivity index (χ1) is 6.68. The fourth-order valence-electron chi connectivity index (χ4n) is 1.94. The highest BCUT2D eigenvalue weighted by Crippen LogP contribution is 2.30. The number of cyclic esters (lactones) is 1. The molecule has 1 N–H and O–H groups in total. The molecule has 2 rings (SSSR count). The van der Waals surface area contributed by atoms with E-state index in [1.54, 1.807) is 4.90 Å². The molecular formula is C9H13NO4. The molecule has 1 aliphatic carbocycles. The molecule has 1 saturated carbocycles.